The largest absolute Gasteiger partial charge is 0.507 e. The highest BCUT2D eigenvalue weighted by atomic mass is 16.7. The van der Waals surface area contributed by atoms with Gasteiger partial charge in [0.1, 0.15) is 23.0 Å². The molecule has 48 heavy (non-hydrogen) atoms. The lowest BCUT2D eigenvalue weighted by atomic mass is 9.72. The molecule has 4 aliphatic carbocycles. The summed E-state index contributed by atoms with van der Waals surface area (Å²) in [5, 5.41) is 23.9. The minimum Gasteiger partial charge on any atom is -0.507 e. The van der Waals surface area contributed by atoms with Gasteiger partial charge in [0.25, 0.3) is 0 Å². The van der Waals surface area contributed by atoms with Crippen LogP contribution in [-0.4, -0.2) is 78.0 Å². The van der Waals surface area contributed by atoms with Crippen LogP contribution >= 0.6 is 0 Å². The average Bonchev–Trinajstić information content (AvgIpc) is 3.08. The third-order valence-corrected chi connectivity index (χ3v) is 9.85. The molecule has 12 heteroatoms. The monoisotopic (exact) mass is 666 g/mol. The lowest BCUT2D eigenvalue weighted by molar-refractivity contribution is -0.118. The standard InChI is InChI=1S/C36H42O12/c1-41-15-47-33-25-19(13-17-9-7-11-21(37)23(17)29(25)39)31(43-3)35(45-5)27(33)28-34(48-16-42-2)26-20(32(44-4)36(28)46-6)14-18-10-8-12-22(38)24(18)30(26)40/h17-18,39-40H,7-16H2,1-6H3. The number of benzene rings is 2. The van der Waals surface area contributed by atoms with Gasteiger partial charge in [0.05, 0.1) is 50.7 Å². The third-order valence-electron chi connectivity index (χ3n) is 9.85. The van der Waals surface area contributed by atoms with Gasteiger partial charge in [0.15, 0.2) is 48.2 Å². The van der Waals surface area contributed by atoms with Gasteiger partial charge in [-0.25, -0.2) is 0 Å². The molecule has 0 amide bonds. The lowest BCUT2D eigenvalue weighted by Crippen LogP contribution is -2.28. The van der Waals surface area contributed by atoms with Crippen LogP contribution in [0.2, 0.25) is 0 Å². The van der Waals surface area contributed by atoms with E-state index in [-0.39, 0.29) is 93.8 Å². The number of methoxy groups -OCH3 is 6. The molecule has 0 spiro atoms. The number of carbonyl (C=O) groups excluding carboxylic acids is 2. The summed E-state index contributed by atoms with van der Waals surface area (Å²) in [4.78, 5) is 26.5. The van der Waals surface area contributed by atoms with Gasteiger partial charge < -0.3 is 48.1 Å². The number of Topliss-reactive ketones (excluding diaryl/α,β-unsaturated/α-hetero) is 2. The van der Waals surface area contributed by atoms with Crippen molar-refractivity contribution in [2.75, 3.05) is 56.2 Å². The van der Waals surface area contributed by atoms with E-state index in [4.69, 9.17) is 37.9 Å². The number of carbonyl (C=O) groups is 2. The van der Waals surface area contributed by atoms with Crippen LogP contribution in [0.15, 0.2) is 11.1 Å². The van der Waals surface area contributed by atoms with E-state index in [0.29, 0.717) is 59.5 Å². The van der Waals surface area contributed by atoms with Gasteiger partial charge in [-0.05, 0) is 50.4 Å². The van der Waals surface area contributed by atoms with Crippen molar-refractivity contribution in [1.82, 2.24) is 0 Å². The summed E-state index contributed by atoms with van der Waals surface area (Å²) in [7, 11) is 8.87. The van der Waals surface area contributed by atoms with Gasteiger partial charge in [-0.3, -0.25) is 9.59 Å². The van der Waals surface area contributed by atoms with Crippen molar-refractivity contribution in [3.8, 4) is 45.6 Å². The SMILES string of the molecule is COCOc1c2c(c(OC)c(OC)c1-c1c(OC)c(OC)c3c(c1OCOC)C(O)=C1C(=O)CCCC1C3)CC1CCCC(=O)C1=C2O. The molecule has 258 valence electrons. The molecule has 0 aromatic heterocycles. The summed E-state index contributed by atoms with van der Waals surface area (Å²) in [5.41, 5.74) is 2.86. The molecule has 2 N–H and O–H groups in total. The molecular formula is C36H42O12. The van der Waals surface area contributed by atoms with Crippen molar-refractivity contribution in [1.29, 1.82) is 0 Å². The van der Waals surface area contributed by atoms with Gasteiger partial charge >= 0.3 is 0 Å². The van der Waals surface area contributed by atoms with Crippen molar-refractivity contribution in [2.45, 2.75) is 51.4 Å². The van der Waals surface area contributed by atoms with Crippen LogP contribution in [-0.2, 0) is 31.9 Å². The average molecular weight is 667 g/mol. The predicted molar refractivity (Wildman–Crippen MR) is 174 cm³/mol. The maximum absolute atomic E-state index is 13.2. The summed E-state index contributed by atoms with van der Waals surface area (Å²) in [6.45, 7) is -0.474. The summed E-state index contributed by atoms with van der Waals surface area (Å²) in [6, 6.07) is 0. The molecule has 2 unspecified atom stereocenters. The first kappa shape index (κ1) is 33.5. The molecule has 2 aromatic rings. The van der Waals surface area contributed by atoms with Crippen LogP contribution in [0.4, 0.5) is 0 Å². The topological polar surface area (TPSA) is 148 Å². The Hall–Kier alpha value is -4.42. The molecule has 0 heterocycles. The quantitative estimate of drug-likeness (QED) is 0.282. The molecule has 6 rings (SSSR count). The van der Waals surface area contributed by atoms with Gasteiger partial charge in [-0.1, -0.05) is 0 Å². The van der Waals surface area contributed by atoms with Crippen molar-refractivity contribution >= 4 is 23.1 Å². The fourth-order valence-corrected chi connectivity index (χ4v) is 8.00. The van der Waals surface area contributed by atoms with Crippen molar-refractivity contribution < 1.29 is 57.7 Å². The van der Waals surface area contributed by atoms with Gasteiger partial charge in [-0.15, -0.1) is 0 Å². The maximum atomic E-state index is 13.2. The molecule has 2 fully saturated rings. The highest BCUT2D eigenvalue weighted by Gasteiger charge is 2.44. The smallest absolute Gasteiger partial charge is 0.188 e. The van der Waals surface area contributed by atoms with E-state index in [1.165, 1.54) is 42.7 Å². The number of allylic oxidation sites excluding steroid dienone is 2. The van der Waals surface area contributed by atoms with E-state index in [1.54, 1.807) is 0 Å². The third kappa shape index (κ3) is 5.13. The Morgan fingerprint density at radius 2 is 0.917 bits per heavy atom. The van der Waals surface area contributed by atoms with E-state index in [9.17, 15) is 19.8 Å². The maximum Gasteiger partial charge on any atom is 0.188 e. The highest BCUT2D eigenvalue weighted by molar-refractivity contribution is 6.07. The number of fused-ring (bicyclic) bond motifs is 4. The second-order valence-corrected chi connectivity index (χ2v) is 12.3. The Kier molecular flexibility index (Phi) is 9.48. The van der Waals surface area contributed by atoms with E-state index >= 15 is 0 Å². The zero-order valence-electron chi connectivity index (χ0n) is 28.2. The fraction of sp³-hybridized carbons (Fsp3) is 0.500. The minimum atomic E-state index is -0.237. The zero-order valence-corrected chi connectivity index (χ0v) is 28.2. The number of aliphatic hydroxyl groups excluding tert-OH is 2. The van der Waals surface area contributed by atoms with Crippen LogP contribution in [0.5, 0.6) is 34.5 Å². The van der Waals surface area contributed by atoms with Crippen LogP contribution in [0.3, 0.4) is 0 Å². The second-order valence-electron chi connectivity index (χ2n) is 12.3. The number of hydrogen-bond donors (Lipinski definition) is 2. The fourth-order valence-electron chi connectivity index (χ4n) is 8.00. The number of ketones is 2. The molecule has 4 aliphatic rings. The van der Waals surface area contributed by atoms with Crippen molar-refractivity contribution in [3.63, 3.8) is 0 Å². The molecule has 2 saturated carbocycles. The van der Waals surface area contributed by atoms with Gasteiger partial charge in [-0.2, -0.15) is 0 Å². The van der Waals surface area contributed by atoms with Crippen LogP contribution in [0.25, 0.3) is 22.6 Å². The molecular weight excluding hydrogens is 624 g/mol. The van der Waals surface area contributed by atoms with Crippen LogP contribution < -0.4 is 28.4 Å². The molecule has 0 aliphatic heterocycles. The highest BCUT2D eigenvalue weighted by Crippen LogP contribution is 2.62. The first-order chi connectivity index (χ1) is 23.3. The molecule has 0 bridgehead atoms. The minimum absolute atomic E-state index is 0.114. The Morgan fingerprint density at radius 1 is 0.542 bits per heavy atom. The van der Waals surface area contributed by atoms with E-state index in [0.717, 1.165) is 25.7 Å². The Morgan fingerprint density at radius 3 is 1.25 bits per heavy atom. The van der Waals surface area contributed by atoms with Gasteiger partial charge in [0.2, 0.25) is 0 Å². The van der Waals surface area contributed by atoms with E-state index in [1.807, 2.05) is 0 Å². The Bertz CT molecular complexity index is 1590. The van der Waals surface area contributed by atoms with Crippen molar-refractivity contribution in [3.05, 3.63) is 33.4 Å². The number of hydrogen-bond acceptors (Lipinski definition) is 12. The molecule has 2 aromatic carbocycles. The molecule has 12 nitrogen and oxygen atoms in total. The Labute approximate surface area is 279 Å². The number of aliphatic hydroxyl groups is 2. The predicted octanol–water partition coefficient (Wildman–Crippen LogP) is 5.74. The van der Waals surface area contributed by atoms with Crippen LogP contribution in [0.1, 0.15) is 60.8 Å². The molecule has 0 saturated heterocycles. The summed E-state index contributed by atoms with van der Waals surface area (Å²) < 4.78 is 47.5. The first-order valence-electron chi connectivity index (χ1n) is 16.1. The Balaban J connectivity index is 1.80. The van der Waals surface area contributed by atoms with Crippen LogP contribution in [0, 0.1) is 11.8 Å². The summed E-state index contributed by atoms with van der Waals surface area (Å²) in [6.07, 6.45) is 4.35. The first-order valence-corrected chi connectivity index (χ1v) is 16.1. The number of rotatable bonds is 11. The summed E-state index contributed by atoms with van der Waals surface area (Å²) in [5.74, 6) is 0.236. The van der Waals surface area contributed by atoms with E-state index in [2.05, 4.69) is 0 Å². The molecule has 2 atom stereocenters. The number of ether oxygens (including phenoxy) is 8. The van der Waals surface area contributed by atoms with Gasteiger partial charge in [0, 0.05) is 49.3 Å². The van der Waals surface area contributed by atoms with E-state index < -0.39 is 0 Å². The summed E-state index contributed by atoms with van der Waals surface area (Å²) >= 11 is 0. The lowest BCUT2D eigenvalue weighted by Gasteiger charge is -2.35. The second kappa shape index (κ2) is 13.6. The molecule has 0 radical (unpaired) electrons. The normalized spacial score (nSPS) is 20.0. The zero-order chi connectivity index (χ0) is 34.3. The van der Waals surface area contributed by atoms with Crippen molar-refractivity contribution in [2.24, 2.45) is 11.8 Å².